The molecule has 0 unspecified atom stereocenters. The Labute approximate surface area is 77.1 Å². The van der Waals surface area contributed by atoms with E-state index >= 15 is 0 Å². The summed E-state index contributed by atoms with van der Waals surface area (Å²) in [6, 6.07) is 9.91. The van der Waals surface area contributed by atoms with Crippen LogP contribution < -0.4 is 11.1 Å². The van der Waals surface area contributed by atoms with Crippen LogP contribution in [0.4, 0.5) is 0 Å². The minimum Gasteiger partial charge on any atom is -0.376 e. The molecule has 0 atom stereocenters. The molecular weight excluding hydrogens is 168 g/mol. The van der Waals surface area contributed by atoms with Gasteiger partial charge in [0.05, 0.1) is 0 Å². The van der Waals surface area contributed by atoms with Crippen molar-refractivity contribution >= 4 is 23.4 Å². The van der Waals surface area contributed by atoms with E-state index in [9.17, 15) is 0 Å². The van der Waals surface area contributed by atoms with Gasteiger partial charge in [0.1, 0.15) is 0 Å². The molecule has 0 heterocycles. The molecule has 1 aromatic carbocycles. The lowest BCUT2D eigenvalue weighted by Gasteiger charge is -1.94. The Morgan fingerprint density at radius 3 is 2.58 bits per heavy atom. The van der Waals surface area contributed by atoms with Crippen LogP contribution in [0.25, 0.3) is 6.08 Å². The highest BCUT2D eigenvalue weighted by Gasteiger charge is 1.81. The Hall–Kier alpha value is -1.35. The van der Waals surface area contributed by atoms with Crippen molar-refractivity contribution in [3.8, 4) is 0 Å². The molecule has 2 nitrogen and oxygen atoms in total. The van der Waals surface area contributed by atoms with E-state index in [1.165, 1.54) is 0 Å². The zero-order valence-electron chi connectivity index (χ0n) is 6.53. The number of rotatable bonds is 2. The molecule has 0 saturated carbocycles. The Morgan fingerprint density at radius 1 is 1.33 bits per heavy atom. The van der Waals surface area contributed by atoms with Crippen molar-refractivity contribution in [2.24, 2.45) is 5.73 Å². The predicted octanol–water partition coefficient (Wildman–Crippen LogP) is 1.49. The van der Waals surface area contributed by atoms with Crippen LogP contribution >= 0.6 is 12.2 Å². The maximum Gasteiger partial charge on any atom is 0.167 e. The molecule has 0 bridgehead atoms. The summed E-state index contributed by atoms with van der Waals surface area (Å²) >= 11 is 4.63. The first-order valence-electron chi connectivity index (χ1n) is 3.56. The lowest BCUT2D eigenvalue weighted by atomic mass is 10.2. The maximum absolute atomic E-state index is 5.23. The van der Waals surface area contributed by atoms with Gasteiger partial charge in [-0.2, -0.15) is 0 Å². The monoisotopic (exact) mass is 178 g/mol. The van der Waals surface area contributed by atoms with Crippen LogP contribution in [0, 0.1) is 0 Å². The largest absolute Gasteiger partial charge is 0.376 e. The van der Waals surface area contributed by atoms with Crippen LogP contribution in [-0.2, 0) is 0 Å². The molecule has 3 N–H and O–H groups in total. The van der Waals surface area contributed by atoms with Crippen LogP contribution in [0.5, 0.6) is 0 Å². The number of thiocarbonyl (C=S) groups is 1. The van der Waals surface area contributed by atoms with E-state index < -0.39 is 0 Å². The normalized spacial score (nSPS) is 10.0. The summed E-state index contributed by atoms with van der Waals surface area (Å²) in [5, 5.41) is 3.00. The van der Waals surface area contributed by atoms with E-state index in [4.69, 9.17) is 5.73 Å². The van der Waals surface area contributed by atoms with E-state index in [1.54, 1.807) is 6.20 Å². The van der Waals surface area contributed by atoms with Gasteiger partial charge in [-0.1, -0.05) is 30.3 Å². The molecule has 0 aliphatic heterocycles. The highest BCUT2D eigenvalue weighted by atomic mass is 32.1. The first-order valence-corrected chi connectivity index (χ1v) is 3.97. The minimum atomic E-state index is 0.280. The summed E-state index contributed by atoms with van der Waals surface area (Å²) in [4.78, 5) is 0. The van der Waals surface area contributed by atoms with Crippen molar-refractivity contribution in [1.82, 2.24) is 5.32 Å². The van der Waals surface area contributed by atoms with Crippen molar-refractivity contribution in [3.05, 3.63) is 42.1 Å². The summed E-state index contributed by atoms with van der Waals surface area (Å²) in [5.74, 6) is 0. The second-order valence-corrected chi connectivity index (χ2v) is 2.69. The number of nitrogens with one attached hydrogen (secondary N) is 1. The average Bonchev–Trinajstić information content (AvgIpc) is 2.05. The molecule has 3 heteroatoms. The fourth-order valence-electron chi connectivity index (χ4n) is 0.784. The third-order valence-electron chi connectivity index (χ3n) is 1.30. The number of hydrogen-bond acceptors (Lipinski definition) is 1. The predicted molar refractivity (Wildman–Crippen MR) is 55.4 cm³/mol. The zero-order valence-corrected chi connectivity index (χ0v) is 7.34. The summed E-state index contributed by atoms with van der Waals surface area (Å²) < 4.78 is 0. The van der Waals surface area contributed by atoms with Gasteiger partial charge < -0.3 is 11.1 Å². The Balaban J connectivity index is 2.52. The summed E-state index contributed by atoms with van der Waals surface area (Å²) in [7, 11) is 0. The second kappa shape index (κ2) is 4.51. The number of nitrogens with two attached hydrogens (primary N) is 1. The van der Waals surface area contributed by atoms with Crippen LogP contribution in [0.2, 0.25) is 0 Å². The molecule has 0 saturated heterocycles. The second-order valence-electron chi connectivity index (χ2n) is 2.25. The van der Waals surface area contributed by atoms with Gasteiger partial charge in [0.25, 0.3) is 0 Å². The standard InChI is InChI=1S/C9H10N2S/c10-9(12)11-7-6-8-4-2-1-3-5-8/h1-7H,(H3,10,11,12). The molecule has 0 spiro atoms. The summed E-state index contributed by atoms with van der Waals surface area (Å²) in [6.45, 7) is 0. The van der Waals surface area contributed by atoms with Gasteiger partial charge in [0.2, 0.25) is 0 Å². The Bertz CT molecular complexity index is 280. The molecule has 1 rings (SSSR count). The molecule has 1 aromatic rings. The Morgan fingerprint density at radius 2 is 2.00 bits per heavy atom. The highest BCUT2D eigenvalue weighted by Crippen LogP contribution is 1.99. The van der Waals surface area contributed by atoms with E-state index in [-0.39, 0.29) is 5.11 Å². The van der Waals surface area contributed by atoms with Crippen molar-refractivity contribution in [2.45, 2.75) is 0 Å². The van der Waals surface area contributed by atoms with Gasteiger partial charge >= 0.3 is 0 Å². The third kappa shape index (κ3) is 3.16. The van der Waals surface area contributed by atoms with Crippen molar-refractivity contribution in [3.63, 3.8) is 0 Å². The first-order chi connectivity index (χ1) is 5.79. The zero-order chi connectivity index (χ0) is 8.81. The van der Waals surface area contributed by atoms with Crippen LogP contribution in [0.3, 0.4) is 0 Å². The fraction of sp³-hybridized carbons (Fsp3) is 0. The molecule has 0 aromatic heterocycles. The van der Waals surface area contributed by atoms with Gasteiger partial charge in [0, 0.05) is 6.20 Å². The lowest BCUT2D eigenvalue weighted by molar-refractivity contribution is 1.29. The van der Waals surface area contributed by atoms with Gasteiger partial charge in [-0.05, 0) is 23.9 Å². The summed E-state index contributed by atoms with van der Waals surface area (Å²) in [5.41, 5.74) is 6.34. The molecular formula is C9H10N2S. The van der Waals surface area contributed by atoms with E-state index in [0.717, 1.165) is 5.56 Å². The summed E-state index contributed by atoms with van der Waals surface area (Å²) in [6.07, 6.45) is 3.62. The minimum absolute atomic E-state index is 0.280. The SMILES string of the molecule is NC(=S)NC=Cc1ccccc1. The Kier molecular flexibility index (Phi) is 3.29. The van der Waals surface area contributed by atoms with Crippen molar-refractivity contribution in [2.75, 3.05) is 0 Å². The highest BCUT2D eigenvalue weighted by molar-refractivity contribution is 7.80. The van der Waals surface area contributed by atoms with Crippen LogP contribution in [-0.4, -0.2) is 5.11 Å². The molecule has 0 radical (unpaired) electrons. The number of hydrogen-bond donors (Lipinski definition) is 2. The van der Waals surface area contributed by atoms with E-state index in [0.29, 0.717) is 0 Å². The first kappa shape index (κ1) is 8.74. The van der Waals surface area contributed by atoms with Gasteiger partial charge in [-0.25, -0.2) is 0 Å². The third-order valence-corrected chi connectivity index (χ3v) is 1.42. The lowest BCUT2D eigenvalue weighted by Crippen LogP contribution is -2.23. The van der Waals surface area contributed by atoms with Gasteiger partial charge in [0.15, 0.2) is 5.11 Å². The topological polar surface area (TPSA) is 38.0 Å². The maximum atomic E-state index is 5.23. The molecule has 62 valence electrons. The van der Waals surface area contributed by atoms with E-state index in [2.05, 4.69) is 17.5 Å². The number of benzene rings is 1. The van der Waals surface area contributed by atoms with Crippen LogP contribution in [0.1, 0.15) is 5.56 Å². The average molecular weight is 178 g/mol. The van der Waals surface area contributed by atoms with Crippen LogP contribution in [0.15, 0.2) is 36.5 Å². The molecule has 0 aliphatic rings. The fourth-order valence-corrected chi connectivity index (χ4v) is 0.852. The molecule has 0 fully saturated rings. The van der Waals surface area contributed by atoms with Crippen molar-refractivity contribution in [1.29, 1.82) is 0 Å². The van der Waals surface area contributed by atoms with Gasteiger partial charge in [-0.15, -0.1) is 0 Å². The quantitative estimate of drug-likeness (QED) is 0.674. The van der Waals surface area contributed by atoms with Gasteiger partial charge in [-0.3, -0.25) is 0 Å². The molecule has 12 heavy (non-hydrogen) atoms. The molecule has 0 amide bonds. The smallest absolute Gasteiger partial charge is 0.167 e. The van der Waals surface area contributed by atoms with Crippen molar-refractivity contribution < 1.29 is 0 Å². The van der Waals surface area contributed by atoms with E-state index in [1.807, 2.05) is 36.4 Å². The molecule has 0 aliphatic carbocycles.